The van der Waals surface area contributed by atoms with Crippen molar-refractivity contribution in [3.05, 3.63) is 12.2 Å². The number of carbonyl (C=O) groups excluding carboxylic acids is 1. The van der Waals surface area contributed by atoms with Crippen molar-refractivity contribution < 1.29 is 14.7 Å². The summed E-state index contributed by atoms with van der Waals surface area (Å²) >= 11 is 0. The van der Waals surface area contributed by atoms with Gasteiger partial charge in [0.05, 0.1) is 5.92 Å². The fourth-order valence-electron chi connectivity index (χ4n) is 11.0. The SMILES string of the molecule is C=C(CC[C@@H](C(=O)O)[C@H]1CC[C@@]2(C)[C@@H]3CC[C@H]4C(C)(C)C(=O)CC[C@@]45C[C@@]35CC[C@]12C)C(C)C. The maximum Gasteiger partial charge on any atom is 0.306 e. The Balaban J connectivity index is 1.43. The topological polar surface area (TPSA) is 54.4 Å². The van der Waals surface area contributed by atoms with Crippen molar-refractivity contribution in [1.29, 1.82) is 0 Å². The largest absolute Gasteiger partial charge is 0.481 e. The second kappa shape index (κ2) is 7.45. The molecule has 0 aromatic rings. The molecule has 8 atom stereocenters. The van der Waals surface area contributed by atoms with Gasteiger partial charge >= 0.3 is 5.97 Å². The molecular formula is C31H48O3. The first-order valence-corrected chi connectivity index (χ1v) is 14.2. The molecule has 0 saturated heterocycles. The van der Waals surface area contributed by atoms with Crippen molar-refractivity contribution in [1.82, 2.24) is 0 Å². The summed E-state index contributed by atoms with van der Waals surface area (Å²) in [6.45, 7) is 18.0. The highest BCUT2D eigenvalue weighted by Crippen LogP contribution is 2.88. The molecule has 0 aromatic heterocycles. The molecule has 0 unspecified atom stereocenters. The fourth-order valence-corrected chi connectivity index (χ4v) is 11.0. The van der Waals surface area contributed by atoms with Gasteiger partial charge in [-0.3, -0.25) is 9.59 Å². The van der Waals surface area contributed by atoms with Crippen LogP contribution in [0.2, 0.25) is 0 Å². The van der Waals surface area contributed by atoms with Crippen molar-refractivity contribution in [2.45, 2.75) is 112 Å². The number of ketones is 1. The van der Waals surface area contributed by atoms with Gasteiger partial charge in [0.2, 0.25) is 0 Å². The van der Waals surface area contributed by atoms with Crippen molar-refractivity contribution in [3.63, 3.8) is 0 Å². The number of carbonyl (C=O) groups is 2. The molecule has 5 fully saturated rings. The van der Waals surface area contributed by atoms with Crippen LogP contribution in [0.3, 0.4) is 0 Å². The number of aliphatic carboxylic acids is 1. The van der Waals surface area contributed by atoms with E-state index in [9.17, 15) is 14.7 Å². The molecule has 34 heavy (non-hydrogen) atoms. The number of Topliss-reactive ketones (excluding diaryl/α,β-unsaturated/α-hetero) is 1. The molecule has 5 rings (SSSR count). The maximum absolute atomic E-state index is 12.9. The summed E-state index contributed by atoms with van der Waals surface area (Å²) in [6.07, 6.45) is 11.9. The number of hydrogen-bond donors (Lipinski definition) is 1. The first-order valence-electron chi connectivity index (χ1n) is 14.2. The molecule has 5 aliphatic carbocycles. The lowest BCUT2D eigenvalue weighted by Gasteiger charge is -2.62. The van der Waals surface area contributed by atoms with E-state index in [0.717, 1.165) is 32.1 Å². The van der Waals surface area contributed by atoms with Gasteiger partial charge in [0.25, 0.3) is 0 Å². The van der Waals surface area contributed by atoms with E-state index < -0.39 is 5.97 Å². The molecule has 1 N–H and O–H groups in total. The van der Waals surface area contributed by atoms with Gasteiger partial charge in [-0.25, -0.2) is 0 Å². The Hall–Kier alpha value is -1.12. The average molecular weight is 469 g/mol. The van der Waals surface area contributed by atoms with Gasteiger partial charge < -0.3 is 5.11 Å². The summed E-state index contributed by atoms with van der Waals surface area (Å²) in [6, 6.07) is 0. The minimum absolute atomic E-state index is 0.0990. The van der Waals surface area contributed by atoms with Crippen LogP contribution < -0.4 is 0 Å². The van der Waals surface area contributed by atoms with E-state index in [4.69, 9.17) is 0 Å². The fraction of sp³-hybridized carbons (Fsp3) is 0.871. The summed E-state index contributed by atoms with van der Waals surface area (Å²) in [4.78, 5) is 25.4. The third-order valence-electron chi connectivity index (χ3n) is 13.3. The zero-order valence-corrected chi connectivity index (χ0v) is 22.6. The molecule has 0 bridgehead atoms. The standard InChI is InChI=1S/C31H48O3/c1-19(2)20(3)8-9-21(26(33)34)22-12-14-29(7)24-11-10-23-27(4,5)25(32)13-15-30(23)18-31(24,30)17-16-28(22,29)6/h19,21-24H,3,8-18H2,1-2,4-7H3,(H,33,34)/t21-,22-,23+,24+,28-,29+,30-,31+/m1/s1. The lowest BCUT2D eigenvalue weighted by atomic mass is 9.42. The summed E-state index contributed by atoms with van der Waals surface area (Å²) in [5, 5.41) is 10.3. The van der Waals surface area contributed by atoms with E-state index >= 15 is 0 Å². The van der Waals surface area contributed by atoms with Crippen LogP contribution in [0.5, 0.6) is 0 Å². The van der Waals surface area contributed by atoms with Crippen LogP contribution in [0.1, 0.15) is 112 Å². The molecule has 0 aliphatic heterocycles. The minimum atomic E-state index is -0.591. The summed E-state index contributed by atoms with van der Waals surface area (Å²) in [7, 11) is 0. The van der Waals surface area contributed by atoms with Gasteiger partial charge in [-0.2, -0.15) is 0 Å². The van der Waals surface area contributed by atoms with Crippen molar-refractivity contribution in [2.24, 2.45) is 56.7 Å². The van der Waals surface area contributed by atoms with E-state index in [0.29, 0.717) is 34.4 Å². The second-order valence-electron chi connectivity index (χ2n) is 14.6. The quantitative estimate of drug-likeness (QED) is 0.407. The van der Waals surface area contributed by atoms with Gasteiger partial charge in [-0.05, 0) is 110 Å². The van der Waals surface area contributed by atoms with E-state index in [1.807, 2.05) is 0 Å². The Kier molecular flexibility index (Phi) is 5.38. The number of allylic oxidation sites excluding steroid dienone is 1. The highest BCUT2D eigenvalue weighted by molar-refractivity contribution is 5.86. The smallest absolute Gasteiger partial charge is 0.306 e. The third-order valence-corrected chi connectivity index (χ3v) is 13.3. The van der Waals surface area contributed by atoms with Crippen LogP contribution in [-0.4, -0.2) is 16.9 Å². The molecule has 3 heteroatoms. The maximum atomic E-state index is 12.9. The van der Waals surface area contributed by atoms with Crippen LogP contribution in [0, 0.1) is 56.7 Å². The van der Waals surface area contributed by atoms with Gasteiger partial charge in [0, 0.05) is 11.8 Å². The number of hydrogen-bond acceptors (Lipinski definition) is 2. The van der Waals surface area contributed by atoms with Crippen LogP contribution in [-0.2, 0) is 9.59 Å². The second-order valence-corrected chi connectivity index (χ2v) is 14.6. The zero-order chi connectivity index (χ0) is 24.9. The Morgan fingerprint density at radius 1 is 0.971 bits per heavy atom. The van der Waals surface area contributed by atoms with Gasteiger partial charge in [0.15, 0.2) is 0 Å². The van der Waals surface area contributed by atoms with E-state index in [1.165, 1.54) is 44.1 Å². The monoisotopic (exact) mass is 468 g/mol. The highest BCUT2D eigenvalue weighted by Gasteiger charge is 2.82. The number of carboxylic acid groups (broad SMARTS) is 1. The zero-order valence-electron chi connectivity index (χ0n) is 22.6. The molecule has 5 aliphatic rings. The van der Waals surface area contributed by atoms with Crippen LogP contribution >= 0.6 is 0 Å². The number of fused-ring (bicyclic) bond motifs is 2. The molecule has 0 amide bonds. The lowest BCUT2D eigenvalue weighted by Crippen LogP contribution is -2.57. The Bertz CT molecular complexity index is 916. The Morgan fingerprint density at radius 2 is 1.62 bits per heavy atom. The van der Waals surface area contributed by atoms with E-state index in [2.05, 4.69) is 48.1 Å². The first kappa shape index (κ1) is 24.6. The lowest BCUT2D eigenvalue weighted by molar-refractivity contribution is -0.162. The van der Waals surface area contributed by atoms with E-state index in [1.54, 1.807) is 0 Å². The Morgan fingerprint density at radius 3 is 2.26 bits per heavy atom. The summed E-state index contributed by atoms with van der Waals surface area (Å²) in [5.41, 5.74) is 2.14. The molecule has 5 saturated carbocycles. The van der Waals surface area contributed by atoms with Crippen LogP contribution in [0.25, 0.3) is 0 Å². The third kappa shape index (κ3) is 2.88. The van der Waals surface area contributed by atoms with Crippen LogP contribution in [0.4, 0.5) is 0 Å². The van der Waals surface area contributed by atoms with Gasteiger partial charge in [-0.15, -0.1) is 0 Å². The first-order chi connectivity index (χ1) is 15.8. The normalized spacial score (nSPS) is 47.3. The molecule has 0 radical (unpaired) electrons. The molecule has 0 heterocycles. The molecule has 190 valence electrons. The molecule has 0 aromatic carbocycles. The molecule has 3 nitrogen and oxygen atoms in total. The Labute approximate surface area is 207 Å². The predicted molar refractivity (Wildman–Crippen MR) is 136 cm³/mol. The molecule has 2 spiro atoms. The average Bonchev–Trinajstić information content (AvgIpc) is 3.35. The van der Waals surface area contributed by atoms with Crippen molar-refractivity contribution >= 4 is 11.8 Å². The number of carboxylic acids is 1. The van der Waals surface area contributed by atoms with Crippen LogP contribution in [0.15, 0.2) is 12.2 Å². The molecular weight excluding hydrogens is 420 g/mol. The van der Waals surface area contributed by atoms with E-state index in [-0.39, 0.29) is 28.1 Å². The summed E-state index contributed by atoms with van der Waals surface area (Å²) < 4.78 is 0. The highest BCUT2D eigenvalue weighted by atomic mass is 16.4. The van der Waals surface area contributed by atoms with Gasteiger partial charge in [0.1, 0.15) is 5.78 Å². The number of rotatable bonds is 6. The summed E-state index contributed by atoms with van der Waals surface area (Å²) in [5.74, 6) is 1.58. The van der Waals surface area contributed by atoms with Gasteiger partial charge in [-0.1, -0.05) is 53.7 Å². The predicted octanol–water partition coefficient (Wildman–Crippen LogP) is 7.69. The minimum Gasteiger partial charge on any atom is -0.481 e. The van der Waals surface area contributed by atoms with Crippen molar-refractivity contribution in [2.75, 3.05) is 0 Å². The van der Waals surface area contributed by atoms with Crippen molar-refractivity contribution in [3.8, 4) is 0 Å².